The topological polar surface area (TPSA) is 37.3 Å². The average molecular weight is 299 g/mol. The lowest BCUT2D eigenvalue weighted by Crippen LogP contribution is -2.04. The first-order valence-electron chi connectivity index (χ1n) is 6.60. The molecule has 0 spiro atoms. The van der Waals surface area contributed by atoms with Crippen LogP contribution >= 0.6 is 11.6 Å². The number of hydrogen-bond acceptors (Lipinski definition) is 2. The molecule has 0 aliphatic carbocycles. The molecule has 0 saturated carbocycles. The molecule has 0 radical (unpaired) electrons. The molecule has 0 amide bonds. The van der Waals surface area contributed by atoms with Crippen LogP contribution in [0.25, 0.3) is 0 Å². The van der Waals surface area contributed by atoms with Gasteiger partial charge in [0.25, 0.3) is 0 Å². The van der Waals surface area contributed by atoms with Crippen LogP contribution in [0.5, 0.6) is 0 Å². The highest BCUT2D eigenvalue weighted by Crippen LogP contribution is 2.21. The highest BCUT2D eigenvalue weighted by molar-refractivity contribution is 6.30. The van der Waals surface area contributed by atoms with E-state index in [-0.39, 0.29) is 12.2 Å². The van der Waals surface area contributed by atoms with E-state index in [1.807, 2.05) is 12.1 Å². The number of aliphatic hydroxyl groups is 1. The maximum Gasteiger partial charge on any atom is 0.160 e. The van der Waals surface area contributed by atoms with E-state index >= 15 is 0 Å². The van der Waals surface area contributed by atoms with Crippen LogP contribution in [0.3, 0.4) is 0 Å². The van der Waals surface area contributed by atoms with E-state index < -0.39 is 6.10 Å². The van der Waals surface area contributed by atoms with E-state index in [1.165, 1.54) is 6.92 Å². The van der Waals surface area contributed by atoms with Gasteiger partial charge in [0.15, 0.2) is 5.78 Å². The van der Waals surface area contributed by atoms with E-state index in [9.17, 15) is 9.90 Å². The number of carbonyl (C=O) groups excluding carboxylic acids is 1. The third-order valence-corrected chi connectivity index (χ3v) is 3.29. The fourth-order valence-electron chi connectivity index (χ4n) is 2.03. The number of carbonyl (C=O) groups is 1. The van der Waals surface area contributed by atoms with Gasteiger partial charge in [-0.05, 0) is 30.7 Å². The lowest BCUT2D eigenvalue weighted by Gasteiger charge is -2.11. The van der Waals surface area contributed by atoms with E-state index in [1.54, 1.807) is 36.4 Å². The first-order valence-corrected chi connectivity index (χ1v) is 6.98. The smallest absolute Gasteiger partial charge is 0.160 e. The summed E-state index contributed by atoms with van der Waals surface area (Å²) in [5, 5.41) is 10.8. The van der Waals surface area contributed by atoms with Crippen LogP contribution in [0.4, 0.5) is 0 Å². The Morgan fingerprint density at radius 1 is 1.24 bits per heavy atom. The SMILES string of the molecule is CC(=O)c1ccccc1C(O)CC#Cc1cccc(Cl)c1. The molecule has 3 heteroatoms. The predicted molar refractivity (Wildman–Crippen MR) is 84.4 cm³/mol. The first kappa shape index (κ1) is 15.3. The van der Waals surface area contributed by atoms with E-state index in [4.69, 9.17) is 11.6 Å². The lowest BCUT2D eigenvalue weighted by molar-refractivity contribution is 0.101. The number of Topliss-reactive ketones (excluding diaryl/α,β-unsaturated/α-hetero) is 1. The van der Waals surface area contributed by atoms with Crippen LogP contribution in [-0.4, -0.2) is 10.9 Å². The molecule has 2 nitrogen and oxygen atoms in total. The maximum atomic E-state index is 11.5. The molecule has 0 aliphatic rings. The number of hydrogen-bond donors (Lipinski definition) is 1. The van der Waals surface area contributed by atoms with E-state index in [0.29, 0.717) is 16.1 Å². The van der Waals surface area contributed by atoms with Crippen LogP contribution in [0.15, 0.2) is 48.5 Å². The minimum absolute atomic E-state index is 0.0625. The van der Waals surface area contributed by atoms with Crippen molar-refractivity contribution in [2.45, 2.75) is 19.4 Å². The summed E-state index contributed by atoms with van der Waals surface area (Å²) in [6.45, 7) is 1.49. The van der Waals surface area contributed by atoms with Crippen LogP contribution < -0.4 is 0 Å². The van der Waals surface area contributed by atoms with Gasteiger partial charge in [-0.25, -0.2) is 0 Å². The standard InChI is InChI=1S/C18H15ClO2/c1-13(20)16-9-2-3-10-17(16)18(21)11-5-7-14-6-4-8-15(19)12-14/h2-4,6,8-10,12,18,21H,11H2,1H3. The van der Waals surface area contributed by atoms with Crippen molar-refractivity contribution in [1.29, 1.82) is 0 Å². The van der Waals surface area contributed by atoms with Crippen molar-refractivity contribution < 1.29 is 9.90 Å². The summed E-state index contributed by atoms with van der Waals surface area (Å²) in [4.78, 5) is 11.5. The molecule has 1 atom stereocenters. The van der Waals surface area contributed by atoms with Crippen molar-refractivity contribution in [3.63, 3.8) is 0 Å². The molecular weight excluding hydrogens is 284 g/mol. The molecule has 0 aromatic heterocycles. The monoisotopic (exact) mass is 298 g/mol. The Bertz CT molecular complexity index is 710. The summed E-state index contributed by atoms with van der Waals surface area (Å²) in [7, 11) is 0. The number of aliphatic hydroxyl groups excluding tert-OH is 1. The predicted octanol–water partition coefficient (Wildman–Crippen LogP) is 4.02. The minimum atomic E-state index is -0.781. The van der Waals surface area contributed by atoms with Gasteiger partial charge >= 0.3 is 0 Å². The van der Waals surface area contributed by atoms with Gasteiger partial charge < -0.3 is 5.11 Å². The highest BCUT2D eigenvalue weighted by atomic mass is 35.5. The van der Waals surface area contributed by atoms with Crippen LogP contribution in [0.1, 0.15) is 40.9 Å². The Kier molecular flexibility index (Phi) is 5.16. The molecule has 2 rings (SSSR count). The summed E-state index contributed by atoms with van der Waals surface area (Å²) >= 11 is 5.88. The molecule has 0 aliphatic heterocycles. The second-order valence-electron chi connectivity index (χ2n) is 4.68. The molecule has 21 heavy (non-hydrogen) atoms. The molecule has 2 aromatic rings. The molecule has 106 valence electrons. The van der Waals surface area contributed by atoms with Crippen LogP contribution in [0, 0.1) is 11.8 Å². The van der Waals surface area contributed by atoms with Gasteiger partial charge in [0, 0.05) is 22.6 Å². The van der Waals surface area contributed by atoms with Crippen LogP contribution in [-0.2, 0) is 0 Å². The summed E-state index contributed by atoms with van der Waals surface area (Å²) in [6.07, 6.45) is -0.520. The van der Waals surface area contributed by atoms with Crippen molar-refractivity contribution >= 4 is 17.4 Å². The lowest BCUT2D eigenvalue weighted by atomic mass is 9.98. The Labute approximate surface area is 129 Å². The number of rotatable bonds is 3. The largest absolute Gasteiger partial charge is 0.387 e. The van der Waals surface area contributed by atoms with Crippen LogP contribution in [0.2, 0.25) is 5.02 Å². The molecule has 2 aromatic carbocycles. The Hall–Kier alpha value is -2.08. The van der Waals surface area contributed by atoms with Gasteiger partial charge in [-0.3, -0.25) is 4.79 Å². The van der Waals surface area contributed by atoms with Crippen molar-refractivity contribution in [2.24, 2.45) is 0 Å². The zero-order valence-corrected chi connectivity index (χ0v) is 12.4. The van der Waals surface area contributed by atoms with E-state index in [2.05, 4.69) is 11.8 Å². The summed E-state index contributed by atoms with van der Waals surface area (Å²) in [5.41, 5.74) is 1.95. The van der Waals surface area contributed by atoms with Crippen molar-refractivity contribution in [1.82, 2.24) is 0 Å². The molecule has 0 bridgehead atoms. The fraction of sp³-hybridized carbons (Fsp3) is 0.167. The van der Waals surface area contributed by atoms with Gasteiger partial charge in [0.05, 0.1) is 6.10 Å². The Morgan fingerprint density at radius 2 is 2.00 bits per heavy atom. The molecule has 0 fully saturated rings. The van der Waals surface area contributed by atoms with Crippen molar-refractivity contribution in [3.8, 4) is 11.8 Å². The van der Waals surface area contributed by atoms with Gasteiger partial charge in [0.1, 0.15) is 0 Å². The minimum Gasteiger partial charge on any atom is -0.387 e. The molecule has 1 N–H and O–H groups in total. The summed E-state index contributed by atoms with van der Waals surface area (Å²) in [5.74, 6) is 5.82. The second kappa shape index (κ2) is 7.08. The van der Waals surface area contributed by atoms with Gasteiger partial charge in [-0.2, -0.15) is 0 Å². The first-order chi connectivity index (χ1) is 10.1. The zero-order valence-electron chi connectivity index (χ0n) is 11.6. The summed E-state index contributed by atoms with van der Waals surface area (Å²) in [6, 6.07) is 14.3. The third kappa shape index (κ3) is 4.19. The fourth-order valence-corrected chi connectivity index (χ4v) is 2.22. The van der Waals surface area contributed by atoms with Gasteiger partial charge in [0.2, 0.25) is 0 Å². The normalized spacial score (nSPS) is 11.4. The number of ketones is 1. The van der Waals surface area contributed by atoms with Gasteiger partial charge in [-0.15, -0.1) is 0 Å². The third-order valence-electron chi connectivity index (χ3n) is 3.05. The quantitative estimate of drug-likeness (QED) is 0.686. The Balaban J connectivity index is 2.13. The molecule has 1 unspecified atom stereocenters. The molecule has 0 heterocycles. The second-order valence-corrected chi connectivity index (χ2v) is 5.11. The molecule has 0 saturated heterocycles. The van der Waals surface area contributed by atoms with Crippen molar-refractivity contribution in [2.75, 3.05) is 0 Å². The highest BCUT2D eigenvalue weighted by Gasteiger charge is 2.13. The van der Waals surface area contributed by atoms with Crippen molar-refractivity contribution in [3.05, 3.63) is 70.2 Å². The summed E-state index contributed by atoms with van der Waals surface area (Å²) < 4.78 is 0. The zero-order chi connectivity index (χ0) is 15.2. The number of benzene rings is 2. The number of halogens is 1. The maximum absolute atomic E-state index is 11.5. The van der Waals surface area contributed by atoms with Gasteiger partial charge in [-0.1, -0.05) is 53.8 Å². The average Bonchev–Trinajstić information content (AvgIpc) is 2.47. The molecular formula is C18H15ClO2. The Morgan fingerprint density at radius 3 is 2.71 bits per heavy atom. The van der Waals surface area contributed by atoms with E-state index in [0.717, 1.165) is 5.56 Å².